The molecule has 0 aliphatic carbocycles. The summed E-state index contributed by atoms with van der Waals surface area (Å²) in [5.74, 6) is 1.22. The van der Waals surface area contributed by atoms with E-state index < -0.39 is 0 Å². The summed E-state index contributed by atoms with van der Waals surface area (Å²) in [5, 5.41) is 4.38. The first-order chi connectivity index (χ1) is 7.79. The van der Waals surface area contributed by atoms with Crippen molar-refractivity contribution >= 4 is 11.8 Å². The minimum atomic E-state index is 0.688. The van der Waals surface area contributed by atoms with Gasteiger partial charge in [-0.1, -0.05) is 27.2 Å². The van der Waals surface area contributed by atoms with Gasteiger partial charge in [0.05, 0.1) is 0 Å². The van der Waals surface area contributed by atoms with Crippen LogP contribution in [-0.2, 0) is 4.74 Å². The van der Waals surface area contributed by atoms with Gasteiger partial charge in [-0.25, -0.2) is 0 Å². The molecule has 0 radical (unpaired) electrons. The van der Waals surface area contributed by atoms with E-state index in [4.69, 9.17) is 4.74 Å². The average Bonchev–Trinajstić information content (AvgIpc) is 2.29. The molecule has 0 heterocycles. The largest absolute Gasteiger partial charge is 0.385 e. The maximum atomic E-state index is 5.08. The average molecular weight is 247 g/mol. The zero-order valence-electron chi connectivity index (χ0n) is 11.4. The Hall–Kier alpha value is 0.270. The van der Waals surface area contributed by atoms with Crippen LogP contribution in [0.5, 0.6) is 0 Å². The molecular formula is C13H29NOS. The predicted octanol–water partition coefficient (Wildman–Crippen LogP) is 3.31. The Morgan fingerprint density at radius 2 is 2.00 bits per heavy atom. The molecule has 0 rings (SSSR count). The number of hydrogen-bond acceptors (Lipinski definition) is 3. The van der Waals surface area contributed by atoms with E-state index in [1.54, 1.807) is 7.11 Å². The highest BCUT2D eigenvalue weighted by Crippen LogP contribution is 2.22. The van der Waals surface area contributed by atoms with Gasteiger partial charge in [-0.2, -0.15) is 11.8 Å². The van der Waals surface area contributed by atoms with Crippen LogP contribution in [-0.4, -0.2) is 37.3 Å². The molecule has 0 aromatic carbocycles. The smallest absolute Gasteiger partial charge is 0.0470 e. The second kappa shape index (κ2) is 11.7. The quantitative estimate of drug-likeness (QED) is 0.566. The van der Waals surface area contributed by atoms with Gasteiger partial charge in [-0.05, 0) is 31.6 Å². The summed E-state index contributed by atoms with van der Waals surface area (Å²) in [6.45, 7) is 8.74. The highest BCUT2D eigenvalue weighted by atomic mass is 32.2. The summed E-state index contributed by atoms with van der Waals surface area (Å²) in [6, 6.07) is 0.688. The molecule has 0 spiro atoms. The van der Waals surface area contributed by atoms with Crippen molar-refractivity contribution < 1.29 is 4.74 Å². The zero-order valence-corrected chi connectivity index (χ0v) is 12.2. The lowest BCUT2D eigenvalue weighted by Gasteiger charge is -2.26. The van der Waals surface area contributed by atoms with Crippen molar-refractivity contribution in [1.82, 2.24) is 5.32 Å². The maximum Gasteiger partial charge on any atom is 0.0470 e. The Bertz CT molecular complexity index is 138. The van der Waals surface area contributed by atoms with Crippen molar-refractivity contribution in [3.63, 3.8) is 0 Å². The summed E-state index contributed by atoms with van der Waals surface area (Å²) >= 11 is 2.11. The van der Waals surface area contributed by atoms with Gasteiger partial charge in [0.15, 0.2) is 0 Å². The molecule has 98 valence electrons. The van der Waals surface area contributed by atoms with Gasteiger partial charge in [0, 0.05) is 25.0 Å². The Labute approximate surface area is 106 Å². The van der Waals surface area contributed by atoms with Crippen LogP contribution >= 0.6 is 11.8 Å². The van der Waals surface area contributed by atoms with Crippen molar-refractivity contribution in [3.8, 4) is 0 Å². The van der Waals surface area contributed by atoms with Crippen molar-refractivity contribution in [2.75, 3.05) is 26.0 Å². The number of thioether (sulfide) groups is 1. The van der Waals surface area contributed by atoms with E-state index in [-0.39, 0.29) is 0 Å². The number of ether oxygens (including phenoxy) is 1. The summed E-state index contributed by atoms with van der Waals surface area (Å²) in [6.07, 6.45) is 4.99. The van der Waals surface area contributed by atoms with E-state index in [1.165, 1.54) is 31.4 Å². The van der Waals surface area contributed by atoms with Gasteiger partial charge in [0.25, 0.3) is 0 Å². The third-order valence-corrected chi connectivity index (χ3v) is 4.36. The van der Waals surface area contributed by atoms with Gasteiger partial charge in [0.1, 0.15) is 0 Å². The van der Waals surface area contributed by atoms with Crippen LogP contribution in [0.3, 0.4) is 0 Å². The van der Waals surface area contributed by atoms with Gasteiger partial charge in [-0.15, -0.1) is 0 Å². The van der Waals surface area contributed by atoms with Crippen molar-refractivity contribution in [2.45, 2.75) is 57.7 Å². The van der Waals surface area contributed by atoms with Crippen LogP contribution in [0.1, 0.15) is 46.5 Å². The fraction of sp³-hybridized carbons (Fsp3) is 1.00. The molecule has 0 saturated carbocycles. The molecule has 0 fully saturated rings. The molecule has 0 aliphatic rings. The standard InChI is InChI=1S/C13H29NOS/c1-5-9-12(14-7-3)13(6-2)16-11-8-10-15-4/h12-14H,5-11H2,1-4H3. The van der Waals surface area contributed by atoms with Crippen LogP contribution < -0.4 is 5.32 Å². The van der Waals surface area contributed by atoms with Gasteiger partial charge >= 0.3 is 0 Å². The first kappa shape index (κ1) is 16.3. The molecule has 16 heavy (non-hydrogen) atoms. The van der Waals surface area contributed by atoms with E-state index in [1.807, 2.05) is 0 Å². The SMILES string of the molecule is CCCC(NCC)C(CC)SCCCOC. The molecule has 0 aliphatic heterocycles. The Balaban J connectivity index is 3.89. The molecule has 1 N–H and O–H groups in total. The number of nitrogens with one attached hydrogen (secondary N) is 1. The summed E-state index contributed by atoms with van der Waals surface area (Å²) < 4.78 is 5.08. The molecule has 0 bridgehead atoms. The zero-order chi connectivity index (χ0) is 12.2. The minimum Gasteiger partial charge on any atom is -0.385 e. The normalized spacial score (nSPS) is 15.0. The van der Waals surface area contributed by atoms with E-state index in [0.717, 1.165) is 18.4 Å². The lowest BCUT2D eigenvalue weighted by Crippen LogP contribution is -2.38. The van der Waals surface area contributed by atoms with Crippen LogP contribution in [0, 0.1) is 0 Å². The fourth-order valence-corrected chi connectivity index (χ4v) is 3.24. The highest BCUT2D eigenvalue weighted by Gasteiger charge is 2.18. The van der Waals surface area contributed by atoms with Crippen LogP contribution in [0.25, 0.3) is 0 Å². The van der Waals surface area contributed by atoms with Crippen molar-refractivity contribution in [1.29, 1.82) is 0 Å². The van der Waals surface area contributed by atoms with Gasteiger partial charge < -0.3 is 10.1 Å². The molecule has 0 aromatic rings. The molecule has 0 saturated heterocycles. The van der Waals surface area contributed by atoms with E-state index in [0.29, 0.717) is 6.04 Å². The summed E-state index contributed by atoms with van der Waals surface area (Å²) in [5.41, 5.74) is 0. The number of rotatable bonds is 11. The molecule has 2 atom stereocenters. The molecule has 2 unspecified atom stereocenters. The van der Waals surface area contributed by atoms with E-state index in [2.05, 4.69) is 37.8 Å². The summed E-state index contributed by atoms with van der Waals surface area (Å²) in [7, 11) is 1.78. The minimum absolute atomic E-state index is 0.688. The second-order valence-electron chi connectivity index (χ2n) is 4.12. The number of hydrogen-bond donors (Lipinski definition) is 1. The molecule has 2 nitrogen and oxygen atoms in total. The lowest BCUT2D eigenvalue weighted by molar-refractivity contribution is 0.200. The van der Waals surface area contributed by atoms with Crippen molar-refractivity contribution in [2.24, 2.45) is 0 Å². The second-order valence-corrected chi connectivity index (χ2v) is 5.46. The Kier molecular flexibility index (Phi) is 11.9. The third-order valence-electron chi connectivity index (χ3n) is 2.74. The first-order valence-corrected chi connectivity index (χ1v) is 7.68. The van der Waals surface area contributed by atoms with E-state index in [9.17, 15) is 0 Å². The monoisotopic (exact) mass is 247 g/mol. The molecular weight excluding hydrogens is 218 g/mol. The molecule has 0 amide bonds. The number of methoxy groups -OCH3 is 1. The van der Waals surface area contributed by atoms with Crippen LogP contribution in [0.4, 0.5) is 0 Å². The van der Waals surface area contributed by atoms with Gasteiger partial charge in [0.2, 0.25) is 0 Å². The highest BCUT2D eigenvalue weighted by molar-refractivity contribution is 7.99. The maximum absolute atomic E-state index is 5.08. The molecule has 0 aromatic heterocycles. The van der Waals surface area contributed by atoms with Gasteiger partial charge in [-0.3, -0.25) is 0 Å². The topological polar surface area (TPSA) is 21.3 Å². The Morgan fingerprint density at radius 3 is 2.50 bits per heavy atom. The fourth-order valence-electron chi connectivity index (χ4n) is 1.95. The summed E-state index contributed by atoms with van der Waals surface area (Å²) in [4.78, 5) is 0. The molecule has 3 heteroatoms. The van der Waals surface area contributed by atoms with Crippen LogP contribution in [0.15, 0.2) is 0 Å². The first-order valence-electron chi connectivity index (χ1n) is 6.63. The van der Waals surface area contributed by atoms with E-state index >= 15 is 0 Å². The van der Waals surface area contributed by atoms with Crippen molar-refractivity contribution in [3.05, 3.63) is 0 Å². The Morgan fingerprint density at radius 1 is 1.25 bits per heavy atom. The lowest BCUT2D eigenvalue weighted by atomic mass is 10.1. The predicted molar refractivity (Wildman–Crippen MR) is 75.4 cm³/mol. The van der Waals surface area contributed by atoms with Crippen LogP contribution in [0.2, 0.25) is 0 Å². The third kappa shape index (κ3) is 7.53.